The first-order valence-corrected chi connectivity index (χ1v) is 13.3. The number of amides is 3. The van der Waals surface area contributed by atoms with Crippen LogP contribution in [-0.4, -0.2) is 39.0 Å². The Balaban J connectivity index is 1.27. The van der Waals surface area contributed by atoms with Gasteiger partial charge in [0.1, 0.15) is 15.5 Å². The molecule has 1 unspecified atom stereocenters. The molecule has 0 saturated heterocycles. The van der Waals surface area contributed by atoms with Gasteiger partial charge in [-0.2, -0.15) is 0 Å². The molecule has 1 aromatic carbocycles. The van der Waals surface area contributed by atoms with E-state index >= 15 is 0 Å². The second-order valence-electron chi connectivity index (χ2n) is 9.21. The number of nitrogens with zero attached hydrogens (tertiary/aromatic N) is 4. The molecule has 0 radical (unpaired) electrons. The predicted molar refractivity (Wildman–Crippen MR) is 151 cm³/mol. The summed E-state index contributed by atoms with van der Waals surface area (Å²) in [6, 6.07) is 10.5. The third kappa shape index (κ3) is 4.68. The average molecular weight is 540 g/mol. The van der Waals surface area contributed by atoms with E-state index in [2.05, 4.69) is 44.1 Å². The number of hydrogen-bond acceptors (Lipinski definition) is 8. The van der Waals surface area contributed by atoms with Gasteiger partial charge in [-0.1, -0.05) is 31.4 Å². The average Bonchev–Trinajstić information content (AvgIpc) is 3.54. The van der Waals surface area contributed by atoms with E-state index in [4.69, 9.17) is 4.74 Å². The van der Waals surface area contributed by atoms with Gasteiger partial charge in [-0.05, 0) is 43.5 Å². The van der Waals surface area contributed by atoms with Crippen molar-refractivity contribution in [1.82, 2.24) is 25.6 Å². The Morgan fingerprint density at radius 2 is 1.82 bits per heavy atom. The highest BCUT2D eigenvalue weighted by atomic mass is 32.1. The number of pyridine rings is 1. The van der Waals surface area contributed by atoms with Gasteiger partial charge in [-0.15, -0.1) is 11.3 Å². The van der Waals surface area contributed by atoms with Crippen molar-refractivity contribution in [3.63, 3.8) is 0 Å². The first-order chi connectivity index (χ1) is 19.0. The van der Waals surface area contributed by atoms with Crippen molar-refractivity contribution in [2.45, 2.75) is 31.3 Å². The first-order valence-electron chi connectivity index (χ1n) is 12.5. The van der Waals surface area contributed by atoms with Crippen LogP contribution in [0.15, 0.2) is 79.9 Å². The number of urea groups is 1. The first kappa shape index (κ1) is 24.6. The number of aromatic nitrogens is 3. The minimum atomic E-state index is -0.470. The monoisotopic (exact) mass is 539 g/mol. The van der Waals surface area contributed by atoms with Gasteiger partial charge in [0, 0.05) is 24.0 Å². The van der Waals surface area contributed by atoms with Crippen LogP contribution in [0.3, 0.4) is 0 Å². The van der Waals surface area contributed by atoms with E-state index in [-0.39, 0.29) is 23.9 Å². The highest BCUT2D eigenvalue weighted by Crippen LogP contribution is 2.45. The lowest BCUT2D eigenvalue weighted by Gasteiger charge is -2.27. The molecular weight excluding hydrogens is 514 g/mol. The van der Waals surface area contributed by atoms with Crippen LogP contribution in [0.4, 0.5) is 22.1 Å². The quantitative estimate of drug-likeness (QED) is 0.253. The lowest BCUT2D eigenvalue weighted by Crippen LogP contribution is -2.46. The second kappa shape index (κ2) is 10.2. The number of para-hydroxylation sites is 1. The molecule has 2 atom stereocenters. The minimum Gasteiger partial charge on any atom is -0.454 e. The zero-order valence-electron chi connectivity index (χ0n) is 20.9. The number of benzene rings is 1. The van der Waals surface area contributed by atoms with E-state index in [1.165, 1.54) is 28.6 Å². The zero-order chi connectivity index (χ0) is 26.9. The molecule has 1 aliphatic carbocycles. The number of rotatable bonds is 8. The number of carbonyl (C=O) groups excluding carboxylic acids is 2. The lowest BCUT2D eigenvalue weighted by atomic mass is 10.1. The van der Waals surface area contributed by atoms with Gasteiger partial charge in [0.05, 0.1) is 29.2 Å². The summed E-state index contributed by atoms with van der Waals surface area (Å²) in [5.74, 6) is 1.01. The highest BCUT2D eigenvalue weighted by molar-refractivity contribution is 7.21. The third-order valence-corrected chi connectivity index (χ3v) is 7.79. The summed E-state index contributed by atoms with van der Waals surface area (Å²) in [5.41, 5.74) is 1.72. The normalized spacial score (nSPS) is 17.9. The van der Waals surface area contributed by atoms with Crippen LogP contribution in [0.2, 0.25) is 0 Å². The Morgan fingerprint density at radius 3 is 2.56 bits per heavy atom. The van der Waals surface area contributed by atoms with Gasteiger partial charge in [0.25, 0.3) is 5.91 Å². The molecular formula is C28H25N7O3S. The molecule has 4 aromatic rings. The Hall–Kier alpha value is -4.77. The van der Waals surface area contributed by atoms with E-state index in [0.29, 0.717) is 38.0 Å². The summed E-state index contributed by atoms with van der Waals surface area (Å²) in [7, 11) is 0. The van der Waals surface area contributed by atoms with E-state index in [1.807, 2.05) is 30.3 Å². The topological polar surface area (TPSA) is 121 Å². The Labute approximate surface area is 228 Å². The second-order valence-corrected chi connectivity index (χ2v) is 10.2. The molecule has 1 saturated carbocycles. The molecule has 196 valence electrons. The fourth-order valence-electron chi connectivity index (χ4n) is 4.88. The molecule has 10 nitrogen and oxygen atoms in total. The summed E-state index contributed by atoms with van der Waals surface area (Å²) in [5, 5.41) is 10.0. The number of thiophene rings is 1. The van der Waals surface area contributed by atoms with Crippen molar-refractivity contribution in [2.24, 2.45) is 0 Å². The van der Waals surface area contributed by atoms with Gasteiger partial charge in [-0.25, -0.2) is 24.6 Å². The Kier molecular flexibility index (Phi) is 6.41. The van der Waals surface area contributed by atoms with Gasteiger partial charge < -0.3 is 20.7 Å². The summed E-state index contributed by atoms with van der Waals surface area (Å²) in [6.07, 6.45) is 9.04. The number of anilines is 3. The number of hydrogen-bond donors (Lipinski definition) is 3. The summed E-state index contributed by atoms with van der Waals surface area (Å²) >= 11 is 1.24. The molecule has 1 aliphatic heterocycles. The third-order valence-electron chi connectivity index (χ3n) is 6.70. The van der Waals surface area contributed by atoms with Gasteiger partial charge in [-0.3, -0.25) is 4.79 Å². The molecule has 4 heterocycles. The van der Waals surface area contributed by atoms with Crippen LogP contribution in [-0.2, 0) is 0 Å². The van der Waals surface area contributed by atoms with Crippen LogP contribution in [0.5, 0.6) is 11.5 Å². The number of nitrogens with one attached hydrogen (secondary N) is 3. The van der Waals surface area contributed by atoms with Crippen LogP contribution in [0.1, 0.15) is 28.9 Å². The molecule has 0 spiro atoms. The SMILES string of the molecule is C=CC(=C)NC1CCC[C@H]1NC(=O)c1sc2nccc3c2c1NC(=O)N3c1ncc(Oc2ccccc2)cn1. The van der Waals surface area contributed by atoms with Crippen molar-refractivity contribution in [3.05, 3.63) is 84.8 Å². The molecule has 1 fully saturated rings. The van der Waals surface area contributed by atoms with Crippen molar-refractivity contribution in [2.75, 3.05) is 10.2 Å². The van der Waals surface area contributed by atoms with Gasteiger partial charge in [0.2, 0.25) is 5.95 Å². The maximum Gasteiger partial charge on any atom is 0.333 e. The summed E-state index contributed by atoms with van der Waals surface area (Å²) in [6.45, 7) is 7.67. The van der Waals surface area contributed by atoms with Gasteiger partial charge >= 0.3 is 6.03 Å². The molecule has 3 aromatic heterocycles. The maximum atomic E-state index is 13.4. The Bertz CT molecular complexity index is 1590. The lowest BCUT2D eigenvalue weighted by molar-refractivity contribution is 0.0937. The fraction of sp³-hybridized carbons (Fsp3) is 0.179. The van der Waals surface area contributed by atoms with Crippen LogP contribution in [0, 0.1) is 0 Å². The molecule has 11 heteroatoms. The fourth-order valence-corrected chi connectivity index (χ4v) is 5.90. The standard InChI is InChI=1S/C28H25N7O3S/c1-3-16(2)32-19-10-7-11-20(19)33-25(36)24-23-22-21(12-13-29-26(22)39-24)35(28(37)34-23)27-30-14-18(15-31-27)38-17-8-5-4-6-9-17/h3-6,8-9,12-15,19-20,32H,1-2,7,10-11H2,(H,33,36)(H,34,37)/t19?,20-/m1/s1. The summed E-state index contributed by atoms with van der Waals surface area (Å²) in [4.78, 5) is 42.4. The minimum absolute atomic E-state index is 0.0648. The molecule has 2 aliphatic rings. The molecule has 6 rings (SSSR count). The Morgan fingerprint density at radius 1 is 1.08 bits per heavy atom. The molecule has 0 bridgehead atoms. The van der Waals surface area contributed by atoms with E-state index < -0.39 is 6.03 Å². The smallest absolute Gasteiger partial charge is 0.333 e. The number of allylic oxidation sites excluding steroid dienone is 1. The highest BCUT2D eigenvalue weighted by Gasteiger charge is 2.35. The van der Waals surface area contributed by atoms with E-state index in [0.717, 1.165) is 25.0 Å². The van der Waals surface area contributed by atoms with Crippen molar-refractivity contribution in [3.8, 4) is 11.5 Å². The van der Waals surface area contributed by atoms with Crippen molar-refractivity contribution in [1.29, 1.82) is 0 Å². The van der Waals surface area contributed by atoms with Crippen molar-refractivity contribution < 1.29 is 14.3 Å². The summed E-state index contributed by atoms with van der Waals surface area (Å²) < 4.78 is 5.77. The molecule has 39 heavy (non-hydrogen) atoms. The van der Waals surface area contributed by atoms with Crippen molar-refractivity contribution >= 4 is 50.8 Å². The van der Waals surface area contributed by atoms with Crippen LogP contribution in [0.25, 0.3) is 10.2 Å². The number of ether oxygens (including phenoxy) is 1. The molecule has 3 N–H and O–H groups in total. The van der Waals surface area contributed by atoms with E-state index in [9.17, 15) is 9.59 Å². The van der Waals surface area contributed by atoms with Gasteiger partial charge in [0.15, 0.2) is 5.75 Å². The van der Waals surface area contributed by atoms with Crippen LogP contribution < -0.4 is 25.6 Å². The van der Waals surface area contributed by atoms with E-state index in [1.54, 1.807) is 18.3 Å². The van der Waals surface area contributed by atoms with Crippen LogP contribution >= 0.6 is 11.3 Å². The zero-order valence-corrected chi connectivity index (χ0v) is 21.7. The predicted octanol–water partition coefficient (Wildman–Crippen LogP) is 5.50. The number of carbonyl (C=O) groups is 2. The maximum absolute atomic E-state index is 13.4. The molecule has 3 amide bonds. The largest absolute Gasteiger partial charge is 0.454 e.